The number of rotatable bonds is 6. The van der Waals surface area contributed by atoms with Gasteiger partial charge in [-0.2, -0.15) is 0 Å². The smallest absolute Gasteiger partial charge is 0.191 e. The summed E-state index contributed by atoms with van der Waals surface area (Å²) in [6.45, 7) is 5.31. The molecule has 0 aromatic carbocycles. The van der Waals surface area contributed by atoms with Crippen molar-refractivity contribution in [3.8, 4) is 0 Å². The molecule has 0 saturated heterocycles. The van der Waals surface area contributed by atoms with Gasteiger partial charge in [0.2, 0.25) is 0 Å². The van der Waals surface area contributed by atoms with Crippen molar-refractivity contribution in [2.75, 3.05) is 13.1 Å². The van der Waals surface area contributed by atoms with E-state index in [0.29, 0.717) is 19.0 Å². The van der Waals surface area contributed by atoms with E-state index in [0.717, 1.165) is 17.1 Å². The normalized spacial score (nSPS) is 14.0. The number of aromatic nitrogens is 1. The average molecular weight is 436 g/mol. The maximum Gasteiger partial charge on any atom is 0.191 e. The molecule has 6 nitrogen and oxygen atoms in total. The molecule has 0 aliphatic carbocycles. The van der Waals surface area contributed by atoms with Crippen molar-refractivity contribution in [2.24, 2.45) is 4.99 Å². The highest BCUT2D eigenvalue weighted by atomic mass is 127. The van der Waals surface area contributed by atoms with Crippen molar-refractivity contribution in [1.29, 1.82) is 0 Å². The maximum absolute atomic E-state index is 10.5. The van der Waals surface area contributed by atoms with Crippen LogP contribution in [-0.4, -0.2) is 29.3 Å². The Hall–Kier alpha value is -1.13. The Kier molecular flexibility index (Phi) is 7.83. The predicted octanol–water partition coefficient (Wildman–Crippen LogP) is 2.32. The first-order chi connectivity index (χ1) is 10.1. The van der Waals surface area contributed by atoms with Crippen molar-refractivity contribution in [2.45, 2.75) is 26.0 Å². The summed E-state index contributed by atoms with van der Waals surface area (Å²) in [6, 6.07) is 5.62. The number of hydrogen-bond acceptors (Lipinski definition) is 5. The molecule has 1 unspecified atom stereocenters. The van der Waals surface area contributed by atoms with Crippen LogP contribution in [0.3, 0.4) is 0 Å². The van der Waals surface area contributed by atoms with E-state index >= 15 is 0 Å². The molecule has 3 N–H and O–H groups in total. The Morgan fingerprint density at radius 1 is 1.45 bits per heavy atom. The summed E-state index contributed by atoms with van der Waals surface area (Å²) >= 11 is 1.53. The van der Waals surface area contributed by atoms with E-state index in [1.54, 1.807) is 13.0 Å². The molecule has 0 aliphatic heterocycles. The van der Waals surface area contributed by atoms with Crippen molar-refractivity contribution < 1.29 is 9.63 Å². The van der Waals surface area contributed by atoms with Crippen molar-refractivity contribution in [3.05, 3.63) is 40.4 Å². The molecule has 0 bridgehead atoms. The van der Waals surface area contributed by atoms with Crippen LogP contribution in [0.25, 0.3) is 0 Å². The van der Waals surface area contributed by atoms with Crippen molar-refractivity contribution >= 4 is 41.3 Å². The van der Waals surface area contributed by atoms with E-state index in [9.17, 15) is 5.11 Å². The third-order valence-electron chi connectivity index (χ3n) is 2.89. The molecular formula is C14H21IN4O2S. The lowest BCUT2D eigenvalue weighted by molar-refractivity contribution is 0.0655. The number of thiophene rings is 1. The molecule has 0 fully saturated rings. The highest BCUT2D eigenvalue weighted by molar-refractivity contribution is 14.0. The summed E-state index contributed by atoms with van der Waals surface area (Å²) in [5, 5.41) is 22.5. The number of nitrogens with zero attached hydrogens (tertiary/aromatic N) is 2. The highest BCUT2D eigenvalue weighted by Gasteiger charge is 2.24. The number of nitrogens with one attached hydrogen (secondary N) is 2. The number of aliphatic imine (C=N–C) groups is 1. The molecule has 8 heteroatoms. The van der Waals surface area contributed by atoms with E-state index in [4.69, 9.17) is 4.52 Å². The van der Waals surface area contributed by atoms with Crippen LogP contribution in [0.15, 0.2) is 39.4 Å². The molecule has 0 radical (unpaired) electrons. The fourth-order valence-corrected chi connectivity index (χ4v) is 2.54. The minimum Gasteiger partial charge on any atom is -0.383 e. The Balaban J connectivity index is 0.00000242. The molecule has 2 aromatic rings. The molecule has 2 rings (SSSR count). The van der Waals surface area contributed by atoms with E-state index < -0.39 is 5.60 Å². The molecule has 0 spiro atoms. The second kappa shape index (κ2) is 9.11. The molecule has 0 amide bonds. The Morgan fingerprint density at radius 3 is 2.86 bits per heavy atom. The summed E-state index contributed by atoms with van der Waals surface area (Å²) in [5.74, 6) is 0.636. The first-order valence-corrected chi connectivity index (χ1v) is 7.67. The Bertz CT molecular complexity index is 555. The Labute approximate surface area is 151 Å². The minimum absolute atomic E-state index is 0. The van der Waals surface area contributed by atoms with Crippen LogP contribution in [0.1, 0.15) is 24.4 Å². The van der Waals surface area contributed by atoms with Gasteiger partial charge in [0.1, 0.15) is 17.6 Å². The summed E-state index contributed by atoms with van der Waals surface area (Å²) in [7, 11) is 0. The quantitative estimate of drug-likeness (QED) is 0.368. The van der Waals surface area contributed by atoms with Gasteiger partial charge in [-0.15, -0.1) is 35.3 Å². The zero-order valence-electron chi connectivity index (χ0n) is 12.6. The zero-order chi connectivity index (χ0) is 15.1. The van der Waals surface area contributed by atoms with Crippen molar-refractivity contribution in [3.63, 3.8) is 0 Å². The summed E-state index contributed by atoms with van der Waals surface area (Å²) < 4.78 is 4.77. The van der Waals surface area contributed by atoms with Gasteiger partial charge in [-0.25, -0.2) is 4.99 Å². The second-order valence-corrected chi connectivity index (χ2v) is 5.74. The molecule has 1 atom stereocenters. The van der Waals surface area contributed by atoms with E-state index in [1.165, 1.54) is 17.6 Å². The van der Waals surface area contributed by atoms with E-state index in [2.05, 4.69) is 20.8 Å². The number of halogens is 1. The van der Waals surface area contributed by atoms with Gasteiger partial charge in [-0.3, -0.25) is 0 Å². The van der Waals surface area contributed by atoms with Gasteiger partial charge in [0.15, 0.2) is 5.96 Å². The second-order valence-electron chi connectivity index (χ2n) is 4.79. The fraction of sp³-hybridized carbons (Fsp3) is 0.429. The van der Waals surface area contributed by atoms with Gasteiger partial charge >= 0.3 is 0 Å². The van der Waals surface area contributed by atoms with Gasteiger partial charge in [-0.05, 0) is 25.3 Å². The number of guanidine groups is 1. The van der Waals surface area contributed by atoms with Crippen LogP contribution in [-0.2, 0) is 12.1 Å². The van der Waals surface area contributed by atoms with Gasteiger partial charge in [0.25, 0.3) is 0 Å². The lowest BCUT2D eigenvalue weighted by Crippen LogP contribution is -2.44. The highest BCUT2D eigenvalue weighted by Crippen LogP contribution is 2.24. The van der Waals surface area contributed by atoms with Crippen LogP contribution >= 0.6 is 35.3 Å². The molecule has 122 valence electrons. The number of aliphatic hydroxyl groups is 1. The molecule has 0 saturated carbocycles. The largest absolute Gasteiger partial charge is 0.383 e. The Morgan fingerprint density at radius 2 is 2.27 bits per heavy atom. The summed E-state index contributed by atoms with van der Waals surface area (Å²) in [4.78, 5) is 5.32. The SMILES string of the molecule is CCNC(=NCc1ccon1)NCC(C)(O)c1cccs1.I. The van der Waals surface area contributed by atoms with Gasteiger partial charge < -0.3 is 20.3 Å². The fourth-order valence-electron chi connectivity index (χ4n) is 1.75. The van der Waals surface area contributed by atoms with Crippen LogP contribution < -0.4 is 10.6 Å². The topological polar surface area (TPSA) is 82.7 Å². The molecular weight excluding hydrogens is 415 g/mol. The third-order valence-corrected chi connectivity index (χ3v) is 4.01. The van der Waals surface area contributed by atoms with E-state index in [-0.39, 0.29) is 24.0 Å². The monoisotopic (exact) mass is 436 g/mol. The van der Waals surface area contributed by atoms with Gasteiger partial charge in [0.05, 0.1) is 13.1 Å². The average Bonchev–Trinajstić information content (AvgIpc) is 3.14. The standard InChI is InChI=1S/C14H20N4O2S.HI/c1-3-15-13(16-9-11-6-7-20-18-11)17-10-14(2,19)12-5-4-8-21-12;/h4-8,19H,3,9-10H2,1-2H3,(H2,15,16,17);1H. The zero-order valence-corrected chi connectivity index (χ0v) is 15.7. The maximum atomic E-state index is 10.5. The molecule has 2 heterocycles. The van der Waals surface area contributed by atoms with Crippen LogP contribution in [0.4, 0.5) is 0 Å². The van der Waals surface area contributed by atoms with E-state index in [1.807, 2.05) is 24.4 Å². The summed E-state index contributed by atoms with van der Waals surface area (Å²) in [5.41, 5.74) is -0.171. The van der Waals surface area contributed by atoms with Crippen LogP contribution in [0, 0.1) is 0 Å². The molecule has 0 aliphatic rings. The van der Waals surface area contributed by atoms with Gasteiger partial charge in [-0.1, -0.05) is 11.2 Å². The lowest BCUT2D eigenvalue weighted by Gasteiger charge is -2.23. The minimum atomic E-state index is -0.932. The third kappa shape index (κ3) is 5.58. The lowest BCUT2D eigenvalue weighted by atomic mass is 10.1. The van der Waals surface area contributed by atoms with Crippen molar-refractivity contribution in [1.82, 2.24) is 15.8 Å². The molecule has 22 heavy (non-hydrogen) atoms. The van der Waals surface area contributed by atoms with Crippen LogP contribution in [0.2, 0.25) is 0 Å². The first kappa shape index (κ1) is 18.9. The number of hydrogen-bond donors (Lipinski definition) is 3. The first-order valence-electron chi connectivity index (χ1n) is 6.79. The van der Waals surface area contributed by atoms with Gasteiger partial charge in [0, 0.05) is 17.5 Å². The van der Waals surface area contributed by atoms with Crippen LogP contribution in [0.5, 0.6) is 0 Å². The predicted molar refractivity (Wildman–Crippen MR) is 98.6 cm³/mol. The summed E-state index contributed by atoms with van der Waals surface area (Å²) in [6.07, 6.45) is 1.52. The molecule has 2 aromatic heterocycles.